The van der Waals surface area contributed by atoms with Crippen LogP contribution in [0.2, 0.25) is 0 Å². The topological polar surface area (TPSA) is 86.6 Å². The SMILES string of the molecule is COc1nc(-c2cccc(-c3cccc(-c4ccc(CN[C@@H]5CCC[C@@H]5O)cc4)c3C)c2C)ccc1CN[C@@H]1CCC[C@@H]1O. The monoisotopic (exact) mass is 591 g/mol. The molecule has 0 spiro atoms. The quantitative estimate of drug-likeness (QED) is 0.164. The van der Waals surface area contributed by atoms with Crippen molar-refractivity contribution >= 4 is 0 Å². The van der Waals surface area contributed by atoms with Gasteiger partial charge in [0.2, 0.25) is 5.88 Å². The van der Waals surface area contributed by atoms with E-state index in [0.717, 1.165) is 61.9 Å². The average molecular weight is 592 g/mol. The number of nitrogens with zero attached hydrogens (tertiary/aromatic N) is 1. The second-order valence-electron chi connectivity index (χ2n) is 12.5. The second kappa shape index (κ2) is 13.6. The standard InChI is InChI=1S/C38H45N3O3/c1-24-29(27-18-16-26(17-19-27)22-39-34-12-6-14-36(34)42)8-4-9-30(24)31-10-5-11-32(25(31)2)33-21-20-28(38(41-33)44-3)23-40-35-13-7-15-37(35)43/h4-5,8-11,16-21,34-37,39-40,42-43H,6-7,12-15,22-23H2,1-3H3/t34-,35-,36+,37+/m1/s1. The lowest BCUT2D eigenvalue weighted by Crippen LogP contribution is -2.35. The van der Waals surface area contributed by atoms with Crippen molar-refractivity contribution in [3.8, 4) is 39.4 Å². The van der Waals surface area contributed by atoms with Crippen LogP contribution in [0.25, 0.3) is 33.5 Å². The molecule has 6 heteroatoms. The van der Waals surface area contributed by atoms with Crippen molar-refractivity contribution in [3.63, 3.8) is 0 Å². The Labute approximate surface area is 261 Å². The van der Waals surface area contributed by atoms with Gasteiger partial charge in [-0.3, -0.25) is 0 Å². The molecule has 1 heterocycles. The van der Waals surface area contributed by atoms with Crippen molar-refractivity contribution < 1.29 is 14.9 Å². The number of hydrogen-bond donors (Lipinski definition) is 4. The maximum atomic E-state index is 10.2. The number of methoxy groups -OCH3 is 1. The molecule has 0 amide bonds. The Balaban J connectivity index is 1.22. The summed E-state index contributed by atoms with van der Waals surface area (Å²) in [7, 11) is 1.67. The zero-order valence-electron chi connectivity index (χ0n) is 26.1. The Morgan fingerprint density at radius 1 is 0.682 bits per heavy atom. The number of hydrogen-bond acceptors (Lipinski definition) is 6. The van der Waals surface area contributed by atoms with Gasteiger partial charge in [0, 0.05) is 36.3 Å². The van der Waals surface area contributed by atoms with Gasteiger partial charge in [-0.2, -0.15) is 0 Å². The highest BCUT2D eigenvalue weighted by atomic mass is 16.5. The molecule has 6 nitrogen and oxygen atoms in total. The van der Waals surface area contributed by atoms with E-state index >= 15 is 0 Å². The lowest BCUT2D eigenvalue weighted by Gasteiger charge is -2.19. The first-order chi connectivity index (χ1) is 21.4. The van der Waals surface area contributed by atoms with Gasteiger partial charge in [0.05, 0.1) is 25.0 Å². The highest BCUT2D eigenvalue weighted by Gasteiger charge is 2.25. The Bertz CT molecular complexity index is 1590. The number of nitrogens with one attached hydrogen (secondary N) is 2. The van der Waals surface area contributed by atoms with Crippen LogP contribution in [0.4, 0.5) is 0 Å². The van der Waals surface area contributed by atoms with Crippen molar-refractivity contribution in [2.24, 2.45) is 0 Å². The summed E-state index contributed by atoms with van der Waals surface area (Å²) >= 11 is 0. The van der Waals surface area contributed by atoms with E-state index < -0.39 is 0 Å². The number of aromatic nitrogens is 1. The highest BCUT2D eigenvalue weighted by molar-refractivity contribution is 5.83. The number of aliphatic hydroxyl groups is 2. The summed E-state index contributed by atoms with van der Waals surface area (Å²) in [4.78, 5) is 4.92. The first-order valence-electron chi connectivity index (χ1n) is 16.1. The minimum Gasteiger partial charge on any atom is -0.481 e. The van der Waals surface area contributed by atoms with E-state index in [1.807, 2.05) is 0 Å². The third-order valence-corrected chi connectivity index (χ3v) is 9.71. The van der Waals surface area contributed by atoms with Gasteiger partial charge in [0.15, 0.2) is 0 Å². The molecule has 6 rings (SSSR count). The molecule has 2 saturated carbocycles. The zero-order chi connectivity index (χ0) is 30.6. The van der Waals surface area contributed by atoms with E-state index in [9.17, 15) is 10.2 Å². The average Bonchev–Trinajstić information content (AvgIpc) is 3.66. The summed E-state index contributed by atoms with van der Waals surface area (Å²) in [6, 6.07) is 26.3. The molecule has 4 atom stereocenters. The summed E-state index contributed by atoms with van der Waals surface area (Å²) in [5, 5.41) is 27.3. The van der Waals surface area contributed by atoms with Crippen LogP contribution in [0.1, 0.15) is 60.8 Å². The van der Waals surface area contributed by atoms with Gasteiger partial charge >= 0.3 is 0 Å². The number of ether oxygens (including phenoxy) is 1. The fraction of sp³-hybridized carbons (Fsp3) is 0.395. The summed E-state index contributed by atoms with van der Waals surface area (Å²) in [6.07, 6.45) is 5.45. The second-order valence-corrected chi connectivity index (χ2v) is 12.5. The largest absolute Gasteiger partial charge is 0.481 e. The van der Waals surface area contributed by atoms with E-state index in [1.165, 1.54) is 38.9 Å². The molecule has 4 aromatic rings. The van der Waals surface area contributed by atoms with Crippen molar-refractivity contribution in [3.05, 3.63) is 95.1 Å². The van der Waals surface area contributed by atoms with Crippen LogP contribution in [0.3, 0.4) is 0 Å². The van der Waals surface area contributed by atoms with Gasteiger partial charge in [-0.1, -0.05) is 66.7 Å². The van der Waals surface area contributed by atoms with Crippen molar-refractivity contribution in [1.29, 1.82) is 0 Å². The normalized spacial score (nSPS) is 21.6. The van der Waals surface area contributed by atoms with Crippen LogP contribution >= 0.6 is 0 Å². The van der Waals surface area contributed by atoms with Gasteiger partial charge in [-0.05, 0) is 97.4 Å². The molecule has 0 aliphatic heterocycles. The molecule has 44 heavy (non-hydrogen) atoms. The van der Waals surface area contributed by atoms with Gasteiger partial charge in [0.25, 0.3) is 0 Å². The highest BCUT2D eigenvalue weighted by Crippen LogP contribution is 2.37. The van der Waals surface area contributed by atoms with Gasteiger partial charge in [-0.25, -0.2) is 4.98 Å². The van der Waals surface area contributed by atoms with E-state index in [2.05, 4.69) is 97.3 Å². The molecule has 1 aromatic heterocycles. The maximum absolute atomic E-state index is 10.2. The van der Waals surface area contributed by atoms with Crippen molar-refractivity contribution in [1.82, 2.24) is 15.6 Å². The maximum Gasteiger partial charge on any atom is 0.218 e. The summed E-state index contributed by atoms with van der Waals surface area (Å²) in [6.45, 7) is 5.76. The summed E-state index contributed by atoms with van der Waals surface area (Å²) in [5.74, 6) is 0.614. The van der Waals surface area contributed by atoms with E-state index in [0.29, 0.717) is 12.4 Å². The zero-order valence-corrected chi connectivity index (χ0v) is 26.1. The van der Waals surface area contributed by atoms with Crippen molar-refractivity contribution in [2.45, 2.75) is 89.8 Å². The van der Waals surface area contributed by atoms with Crippen LogP contribution in [-0.2, 0) is 13.1 Å². The lowest BCUT2D eigenvalue weighted by atomic mass is 9.88. The van der Waals surface area contributed by atoms with E-state index in [-0.39, 0.29) is 24.3 Å². The third-order valence-electron chi connectivity index (χ3n) is 9.71. The Hall–Kier alpha value is -3.55. The van der Waals surface area contributed by atoms with E-state index in [4.69, 9.17) is 9.72 Å². The van der Waals surface area contributed by atoms with Crippen LogP contribution in [0.5, 0.6) is 5.88 Å². The number of rotatable bonds is 10. The molecule has 0 bridgehead atoms. The molecule has 0 radical (unpaired) electrons. The van der Waals surface area contributed by atoms with Gasteiger partial charge in [0.1, 0.15) is 0 Å². The first kappa shape index (κ1) is 30.5. The smallest absolute Gasteiger partial charge is 0.218 e. The molecule has 2 aliphatic rings. The fourth-order valence-electron chi connectivity index (χ4n) is 7.02. The minimum absolute atomic E-state index is 0.129. The fourth-order valence-corrected chi connectivity index (χ4v) is 7.02. The van der Waals surface area contributed by atoms with Crippen LogP contribution < -0.4 is 15.4 Å². The Morgan fingerprint density at radius 3 is 1.84 bits per heavy atom. The first-order valence-corrected chi connectivity index (χ1v) is 16.1. The molecule has 0 unspecified atom stereocenters. The van der Waals surface area contributed by atoms with Gasteiger partial charge < -0.3 is 25.6 Å². The predicted molar refractivity (Wildman–Crippen MR) is 178 cm³/mol. The lowest BCUT2D eigenvalue weighted by molar-refractivity contribution is 0.148. The summed E-state index contributed by atoms with van der Waals surface area (Å²) in [5.41, 5.74) is 11.4. The number of pyridine rings is 1. The van der Waals surface area contributed by atoms with Crippen LogP contribution in [0.15, 0.2) is 72.8 Å². The molecule has 3 aromatic carbocycles. The van der Waals surface area contributed by atoms with Crippen molar-refractivity contribution in [2.75, 3.05) is 7.11 Å². The molecule has 2 fully saturated rings. The Morgan fingerprint density at radius 2 is 1.25 bits per heavy atom. The molecule has 2 aliphatic carbocycles. The van der Waals surface area contributed by atoms with Crippen LogP contribution in [-0.4, -0.2) is 46.6 Å². The predicted octanol–water partition coefficient (Wildman–Crippen LogP) is 6.71. The molecule has 0 saturated heterocycles. The Kier molecular flexibility index (Phi) is 9.43. The molecular weight excluding hydrogens is 546 g/mol. The molecular formula is C38H45N3O3. The van der Waals surface area contributed by atoms with Gasteiger partial charge in [-0.15, -0.1) is 0 Å². The summed E-state index contributed by atoms with van der Waals surface area (Å²) < 4.78 is 5.71. The van der Waals surface area contributed by atoms with E-state index in [1.54, 1.807) is 7.11 Å². The third kappa shape index (κ3) is 6.45. The molecule has 230 valence electrons. The number of benzene rings is 3. The van der Waals surface area contributed by atoms with Crippen LogP contribution in [0, 0.1) is 13.8 Å². The molecule has 4 N–H and O–H groups in total. The minimum atomic E-state index is -0.278. The number of aliphatic hydroxyl groups excluding tert-OH is 2.